The van der Waals surface area contributed by atoms with Crippen molar-refractivity contribution < 1.29 is 47.5 Å². The fourth-order valence-corrected chi connectivity index (χ4v) is 5.78. The molecular weight excluding hydrogens is 637 g/mol. The Balaban J connectivity index is 4.46. The molecule has 4 N–H and O–H groups in total. The fraction of sp³-hybridized carbons (Fsp3) is 0.861. The normalized spacial score (nSPS) is 14.1. The minimum absolute atomic E-state index is 0.154. The second kappa shape index (κ2) is 32.4. The Morgan fingerprint density at radius 2 is 1.04 bits per heavy atom. The van der Waals surface area contributed by atoms with E-state index in [4.69, 9.17) is 24.8 Å². The number of carboxylic acid groups (broad SMARTS) is 1. The Labute approximate surface area is 290 Å². The number of ether oxygens (including phenoxy) is 2. The molecule has 0 saturated carbocycles. The lowest BCUT2D eigenvalue weighted by atomic mass is 10.0. The molecule has 0 amide bonds. The Kier molecular flexibility index (Phi) is 31.2. The molecule has 0 spiro atoms. The molecule has 0 aromatic carbocycles. The molecule has 0 aliphatic rings. The van der Waals surface area contributed by atoms with Crippen molar-refractivity contribution in [2.45, 2.75) is 180 Å². The number of unbranched alkanes of at least 4 members (excludes halogenated alkanes) is 19. The average molecular weight is 706 g/mol. The van der Waals surface area contributed by atoms with Gasteiger partial charge in [-0.2, -0.15) is 0 Å². The highest BCUT2D eigenvalue weighted by Gasteiger charge is 2.28. The van der Waals surface area contributed by atoms with Crippen LogP contribution in [0.5, 0.6) is 0 Å². The van der Waals surface area contributed by atoms with Gasteiger partial charge in [0.15, 0.2) is 6.10 Å². The number of allylic oxidation sites excluding steroid dienone is 2. The first kappa shape index (κ1) is 46.2. The van der Waals surface area contributed by atoms with E-state index in [2.05, 4.69) is 30.5 Å². The Bertz CT molecular complexity index is 885. The minimum Gasteiger partial charge on any atom is -0.480 e. The summed E-state index contributed by atoms with van der Waals surface area (Å²) in [4.78, 5) is 45.6. The molecule has 0 radical (unpaired) electrons. The number of phosphoric acid groups is 1. The topological polar surface area (TPSA) is 172 Å². The van der Waals surface area contributed by atoms with Crippen LogP contribution in [0.2, 0.25) is 0 Å². The van der Waals surface area contributed by atoms with E-state index in [1.54, 1.807) is 0 Å². The van der Waals surface area contributed by atoms with E-state index in [1.165, 1.54) is 70.6 Å². The minimum atomic E-state index is -4.70. The van der Waals surface area contributed by atoms with Crippen LogP contribution in [-0.4, -0.2) is 59.9 Å². The second-order valence-corrected chi connectivity index (χ2v) is 14.2. The van der Waals surface area contributed by atoms with Crippen molar-refractivity contribution >= 4 is 25.7 Å². The van der Waals surface area contributed by atoms with E-state index in [9.17, 15) is 23.8 Å². The standard InChI is InChI=1S/C36H68NO10P/c1-3-5-7-9-11-13-15-17-19-21-23-25-27-34(38)44-29-32(30-45-48(42,43)46-31-33(37)36(40)41)47-35(39)28-26-24-22-20-18-16-14-12-10-8-6-4-2/h12,14,32-33H,3-11,13,15-31,37H2,1-2H3,(H,40,41)(H,42,43)/b14-12-. The number of esters is 2. The quantitative estimate of drug-likeness (QED) is 0.0249. The van der Waals surface area contributed by atoms with Crippen LogP contribution in [0.3, 0.4) is 0 Å². The summed E-state index contributed by atoms with van der Waals surface area (Å²) in [5, 5.41) is 8.84. The van der Waals surface area contributed by atoms with Gasteiger partial charge in [-0.3, -0.25) is 23.4 Å². The molecular formula is C36H68NO10P. The lowest BCUT2D eigenvalue weighted by Crippen LogP contribution is -2.34. The summed E-state index contributed by atoms with van der Waals surface area (Å²) in [6.45, 7) is 2.75. The van der Waals surface area contributed by atoms with Gasteiger partial charge in [0.2, 0.25) is 0 Å². The van der Waals surface area contributed by atoms with Crippen LogP contribution >= 0.6 is 7.82 Å². The molecule has 282 valence electrons. The Hall–Kier alpha value is -1.78. The molecule has 0 aromatic rings. The van der Waals surface area contributed by atoms with Gasteiger partial charge in [0.05, 0.1) is 13.2 Å². The molecule has 0 aliphatic heterocycles. The fourth-order valence-electron chi connectivity index (χ4n) is 5.00. The largest absolute Gasteiger partial charge is 0.480 e. The summed E-state index contributed by atoms with van der Waals surface area (Å²) in [6, 6.07) is -1.52. The highest BCUT2D eigenvalue weighted by Crippen LogP contribution is 2.43. The van der Waals surface area contributed by atoms with E-state index < -0.39 is 51.1 Å². The van der Waals surface area contributed by atoms with Gasteiger partial charge in [-0.25, -0.2) is 4.57 Å². The first-order chi connectivity index (χ1) is 23.1. The molecule has 0 rings (SSSR count). The number of rotatable bonds is 35. The monoisotopic (exact) mass is 705 g/mol. The molecule has 3 unspecified atom stereocenters. The van der Waals surface area contributed by atoms with E-state index >= 15 is 0 Å². The number of nitrogens with two attached hydrogens (primary N) is 1. The molecule has 0 saturated heterocycles. The number of carboxylic acids is 1. The number of aliphatic carboxylic acids is 1. The van der Waals surface area contributed by atoms with Gasteiger partial charge in [-0.1, -0.05) is 129 Å². The van der Waals surface area contributed by atoms with Gasteiger partial charge < -0.3 is 25.2 Å². The second-order valence-electron chi connectivity index (χ2n) is 12.7. The van der Waals surface area contributed by atoms with Gasteiger partial charge >= 0.3 is 25.7 Å². The van der Waals surface area contributed by atoms with Gasteiger partial charge in [0.25, 0.3) is 0 Å². The number of hydrogen-bond acceptors (Lipinski definition) is 9. The van der Waals surface area contributed by atoms with Crippen LogP contribution in [0.25, 0.3) is 0 Å². The van der Waals surface area contributed by atoms with Crippen molar-refractivity contribution in [3.8, 4) is 0 Å². The van der Waals surface area contributed by atoms with E-state index in [1.807, 2.05) is 0 Å². The molecule has 12 heteroatoms. The maximum Gasteiger partial charge on any atom is 0.472 e. The molecule has 0 bridgehead atoms. The number of carbonyl (C=O) groups excluding carboxylic acids is 2. The van der Waals surface area contributed by atoms with Gasteiger partial charge in [0, 0.05) is 12.8 Å². The van der Waals surface area contributed by atoms with Gasteiger partial charge in [-0.05, 0) is 38.5 Å². The Morgan fingerprint density at radius 1 is 0.625 bits per heavy atom. The first-order valence-corrected chi connectivity index (χ1v) is 20.2. The van der Waals surface area contributed by atoms with Crippen LogP contribution in [0.1, 0.15) is 168 Å². The molecule has 0 aromatic heterocycles. The maximum absolute atomic E-state index is 12.5. The summed E-state index contributed by atoms with van der Waals surface area (Å²) in [5.41, 5.74) is 5.31. The van der Waals surface area contributed by atoms with Crippen LogP contribution < -0.4 is 5.73 Å². The summed E-state index contributed by atoms with van der Waals surface area (Å²) >= 11 is 0. The van der Waals surface area contributed by atoms with Crippen molar-refractivity contribution in [3.63, 3.8) is 0 Å². The van der Waals surface area contributed by atoms with Crippen molar-refractivity contribution in [3.05, 3.63) is 12.2 Å². The smallest absolute Gasteiger partial charge is 0.472 e. The van der Waals surface area contributed by atoms with Crippen LogP contribution in [-0.2, 0) is 37.5 Å². The van der Waals surface area contributed by atoms with Crippen molar-refractivity contribution in [1.82, 2.24) is 0 Å². The summed E-state index contributed by atoms with van der Waals surface area (Å²) in [5.74, 6) is -2.39. The van der Waals surface area contributed by atoms with Crippen molar-refractivity contribution in [2.75, 3.05) is 19.8 Å². The number of hydrogen-bond donors (Lipinski definition) is 3. The van der Waals surface area contributed by atoms with Crippen molar-refractivity contribution in [1.29, 1.82) is 0 Å². The molecule has 0 heterocycles. The third-order valence-corrected chi connectivity index (χ3v) is 8.96. The lowest BCUT2D eigenvalue weighted by Gasteiger charge is -2.20. The van der Waals surface area contributed by atoms with Crippen molar-refractivity contribution in [2.24, 2.45) is 5.73 Å². The molecule has 0 aliphatic carbocycles. The molecule has 48 heavy (non-hydrogen) atoms. The molecule has 3 atom stereocenters. The zero-order valence-corrected chi connectivity index (χ0v) is 31.0. The molecule has 11 nitrogen and oxygen atoms in total. The SMILES string of the molecule is CCCCC/C=C\CCCCCCCC(=O)OC(COC(=O)CCCCCCCCCCCCCC)COP(=O)(O)OCC(N)C(=O)O. The highest BCUT2D eigenvalue weighted by atomic mass is 31.2. The summed E-state index contributed by atoms with van der Waals surface area (Å²) in [7, 11) is -4.70. The first-order valence-electron chi connectivity index (χ1n) is 18.7. The summed E-state index contributed by atoms with van der Waals surface area (Å²) < 4.78 is 32.5. The van der Waals surface area contributed by atoms with E-state index in [0.717, 1.165) is 57.8 Å². The van der Waals surface area contributed by atoms with E-state index in [-0.39, 0.29) is 19.4 Å². The average Bonchev–Trinajstić information content (AvgIpc) is 3.05. The molecule has 0 fully saturated rings. The maximum atomic E-state index is 12.5. The predicted octanol–water partition coefficient (Wildman–Crippen LogP) is 8.95. The zero-order chi connectivity index (χ0) is 35.7. The van der Waals surface area contributed by atoms with Crippen LogP contribution in [0.15, 0.2) is 12.2 Å². The predicted molar refractivity (Wildman–Crippen MR) is 189 cm³/mol. The summed E-state index contributed by atoms with van der Waals surface area (Å²) in [6.07, 6.45) is 28.5. The lowest BCUT2D eigenvalue weighted by molar-refractivity contribution is -0.161. The van der Waals surface area contributed by atoms with Gasteiger partial charge in [-0.15, -0.1) is 0 Å². The Morgan fingerprint density at radius 3 is 1.56 bits per heavy atom. The number of phosphoric ester groups is 1. The van der Waals surface area contributed by atoms with Crippen LogP contribution in [0, 0.1) is 0 Å². The highest BCUT2D eigenvalue weighted by molar-refractivity contribution is 7.47. The number of carbonyl (C=O) groups is 3. The third-order valence-electron chi connectivity index (χ3n) is 8.01. The van der Waals surface area contributed by atoms with E-state index in [0.29, 0.717) is 12.8 Å². The van der Waals surface area contributed by atoms with Gasteiger partial charge in [0.1, 0.15) is 12.6 Å². The van der Waals surface area contributed by atoms with Crippen LogP contribution in [0.4, 0.5) is 0 Å². The third kappa shape index (κ3) is 31.5. The zero-order valence-electron chi connectivity index (χ0n) is 30.1.